The Morgan fingerprint density at radius 2 is 2.33 bits per heavy atom. The minimum absolute atomic E-state index is 0.234. The molecule has 1 fully saturated rings. The summed E-state index contributed by atoms with van der Waals surface area (Å²) in [5.41, 5.74) is 0.775. The molecule has 1 aromatic rings. The quantitative estimate of drug-likeness (QED) is 0.696. The largest absolute Gasteiger partial charge is 0.294 e. The van der Waals surface area contributed by atoms with Gasteiger partial charge in [-0.05, 0) is 18.8 Å². The van der Waals surface area contributed by atoms with Crippen LogP contribution >= 0.6 is 0 Å². The average molecular weight is 206 g/mol. The molecule has 3 heteroatoms. The highest BCUT2D eigenvalue weighted by atomic mass is 16.1. The predicted octanol–water partition coefficient (Wildman–Crippen LogP) is 2.43. The molecule has 2 rings (SSSR count). The summed E-state index contributed by atoms with van der Waals surface area (Å²) < 4.78 is 1.69. The SMILES string of the molecule is CC1CCCC(C(=O)c2cnn(C)c2)C1. The van der Waals surface area contributed by atoms with Crippen LogP contribution in [0.3, 0.4) is 0 Å². The van der Waals surface area contributed by atoms with Crippen LogP contribution in [0.25, 0.3) is 0 Å². The van der Waals surface area contributed by atoms with Crippen molar-refractivity contribution in [2.24, 2.45) is 18.9 Å². The van der Waals surface area contributed by atoms with Crippen LogP contribution in [0, 0.1) is 11.8 Å². The van der Waals surface area contributed by atoms with Crippen molar-refractivity contribution in [2.75, 3.05) is 0 Å². The van der Waals surface area contributed by atoms with Crippen molar-refractivity contribution < 1.29 is 4.79 Å². The van der Waals surface area contributed by atoms with Gasteiger partial charge >= 0.3 is 0 Å². The van der Waals surface area contributed by atoms with E-state index in [1.54, 1.807) is 10.9 Å². The zero-order chi connectivity index (χ0) is 10.8. The third-order valence-corrected chi connectivity index (χ3v) is 3.30. The Hall–Kier alpha value is -1.12. The molecule has 1 aromatic heterocycles. The van der Waals surface area contributed by atoms with Gasteiger partial charge in [0, 0.05) is 19.2 Å². The third kappa shape index (κ3) is 2.28. The Morgan fingerprint density at radius 3 is 2.93 bits per heavy atom. The van der Waals surface area contributed by atoms with E-state index < -0.39 is 0 Å². The number of nitrogens with zero attached hydrogens (tertiary/aromatic N) is 2. The molecule has 0 N–H and O–H groups in total. The number of carbonyl (C=O) groups is 1. The first-order chi connectivity index (χ1) is 7.16. The van der Waals surface area contributed by atoms with Crippen LogP contribution in [0.5, 0.6) is 0 Å². The zero-order valence-corrected chi connectivity index (χ0v) is 9.44. The fourth-order valence-corrected chi connectivity index (χ4v) is 2.46. The summed E-state index contributed by atoms with van der Waals surface area (Å²) in [5.74, 6) is 1.22. The second-order valence-corrected chi connectivity index (χ2v) is 4.74. The highest BCUT2D eigenvalue weighted by Gasteiger charge is 2.26. The van der Waals surface area contributed by atoms with Gasteiger partial charge in [0.2, 0.25) is 0 Å². The molecule has 15 heavy (non-hydrogen) atoms. The second kappa shape index (κ2) is 4.17. The summed E-state index contributed by atoms with van der Waals surface area (Å²) in [6.45, 7) is 2.24. The van der Waals surface area contributed by atoms with Crippen LogP contribution < -0.4 is 0 Å². The Morgan fingerprint density at radius 1 is 1.53 bits per heavy atom. The van der Waals surface area contributed by atoms with Crippen molar-refractivity contribution in [3.63, 3.8) is 0 Å². The third-order valence-electron chi connectivity index (χ3n) is 3.30. The molecule has 1 aliphatic rings. The Labute approximate surface area is 90.5 Å². The van der Waals surface area contributed by atoms with E-state index in [0.717, 1.165) is 18.4 Å². The van der Waals surface area contributed by atoms with Gasteiger partial charge in [0.15, 0.2) is 5.78 Å². The lowest BCUT2D eigenvalue weighted by atomic mass is 9.79. The maximum absolute atomic E-state index is 12.1. The molecule has 2 unspecified atom stereocenters. The van der Waals surface area contributed by atoms with Gasteiger partial charge in [0.25, 0.3) is 0 Å². The van der Waals surface area contributed by atoms with E-state index in [1.165, 1.54) is 12.8 Å². The predicted molar refractivity (Wildman–Crippen MR) is 58.7 cm³/mol. The van der Waals surface area contributed by atoms with Crippen molar-refractivity contribution in [3.8, 4) is 0 Å². The molecule has 0 bridgehead atoms. The van der Waals surface area contributed by atoms with E-state index >= 15 is 0 Å². The van der Waals surface area contributed by atoms with Crippen molar-refractivity contribution >= 4 is 5.78 Å². The van der Waals surface area contributed by atoms with Crippen LogP contribution in [-0.2, 0) is 7.05 Å². The molecule has 1 aliphatic carbocycles. The standard InChI is InChI=1S/C12H18N2O/c1-9-4-3-5-10(6-9)12(15)11-7-13-14(2)8-11/h7-10H,3-6H2,1-2H3. The van der Waals surface area contributed by atoms with Gasteiger partial charge in [-0.3, -0.25) is 9.48 Å². The van der Waals surface area contributed by atoms with Crippen LogP contribution in [-0.4, -0.2) is 15.6 Å². The van der Waals surface area contributed by atoms with E-state index in [9.17, 15) is 4.79 Å². The molecule has 0 aliphatic heterocycles. The molecule has 2 atom stereocenters. The van der Waals surface area contributed by atoms with Crippen LogP contribution in [0.4, 0.5) is 0 Å². The van der Waals surface area contributed by atoms with Crippen LogP contribution in [0.15, 0.2) is 12.4 Å². The first-order valence-electron chi connectivity index (χ1n) is 5.69. The molecular weight excluding hydrogens is 188 g/mol. The normalized spacial score (nSPS) is 26.5. The van der Waals surface area contributed by atoms with Gasteiger partial charge in [0.1, 0.15) is 0 Å². The molecule has 3 nitrogen and oxygen atoms in total. The van der Waals surface area contributed by atoms with Gasteiger partial charge in [-0.25, -0.2) is 0 Å². The lowest BCUT2D eigenvalue weighted by molar-refractivity contribution is 0.0868. The first-order valence-corrected chi connectivity index (χ1v) is 5.69. The van der Waals surface area contributed by atoms with E-state index in [-0.39, 0.29) is 11.7 Å². The summed E-state index contributed by atoms with van der Waals surface area (Å²) in [4.78, 5) is 12.1. The van der Waals surface area contributed by atoms with Crippen molar-refractivity contribution in [1.82, 2.24) is 9.78 Å². The fraction of sp³-hybridized carbons (Fsp3) is 0.667. The summed E-state index contributed by atoms with van der Waals surface area (Å²) in [7, 11) is 1.85. The molecule has 1 heterocycles. The van der Waals surface area contributed by atoms with Gasteiger partial charge < -0.3 is 0 Å². The molecule has 0 saturated heterocycles. The van der Waals surface area contributed by atoms with Crippen molar-refractivity contribution in [3.05, 3.63) is 18.0 Å². The molecule has 0 amide bonds. The summed E-state index contributed by atoms with van der Waals surface area (Å²) in [5, 5.41) is 4.05. The Bertz CT molecular complexity index is 356. The second-order valence-electron chi connectivity index (χ2n) is 4.74. The van der Waals surface area contributed by atoms with Gasteiger partial charge in [-0.15, -0.1) is 0 Å². The monoisotopic (exact) mass is 206 g/mol. The topological polar surface area (TPSA) is 34.9 Å². The zero-order valence-electron chi connectivity index (χ0n) is 9.44. The smallest absolute Gasteiger partial charge is 0.169 e. The molecule has 1 saturated carbocycles. The first kappa shape index (κ1) is 10.4. The lowest BCUT2D eigenvalue weighted by Crippen LogP contribution is -2.21. The van der Waals surface area contributed by atoms with Crippen LogP contribution in [0.2, 0.25) is 0 Å². The average Bonchev–Trinajstić information content (AvgIpc) is 2.64. The van der Waals surface area contributed by atoms with Gasteiger partial charge in [0.05, 0.1) is 11.8 Å². The van der Waals surface area contributed by atoms with Gasteiger partial charge in [-0.2, -0.15) is 5.10 Å². The van der Waals surface area contributed by atoms with E-state index in [1.807, 2.05) is 13.2 Å². The Balaban J connectivity index is 2.07. The minimum atomic E-state index is 0.234. The number of carbonyl (C=O) groups excluding carboxylic acids is 1. The highest BCUT2D eigenvalue weighted by molar-refractivity contribution is 5.97. The van der Waals surface area contributed by atoms with E-state index in [2.05, 4.69) is 12.0 Å². The molecule has 0 radical (unpaired) electrons. The number of aromatic nitrogens is 2. The highest BCUT2D eigenvalue weighted by Crippen LogP contribution is 2.30. The number of aryl methyl sites for hydroxylation is 1. The fourth-order valence-electron chi connectivity index (χ4n) is 2.46. The summed E-state index contributed by atoms with van der Waals surface area (Å²) in [6, 6.07) is 0. The van der Waals surface area contributed by atoms with Crippen molar-refractivity contribution in [2.45, 2.75) is 32.6 Å². The maximum atomic E-state index is 12.1. The molecule has 0 aromatic carbocycles. The Kier molecular flexibility index (Phi) is 2.89. The summed E-state index contributed by atoms with van der Waals surface area (Å²) in [6.07, 6.45) is 8.07. The lowest BCUT2D eigenvalue weighted by Gasteiger charge is -2.25. The maximum Gasteiger partial charge on any atom is 0.169 e. The minimum Gasteiger partial charge on any atom is -0.294 e. The van der Waals surface area contributed by atoms with Crippen LogP contribution in [0.1, 0.15) is 43.0 Å². The number of hydrogen-bond acceptors (Lipinski definition) is 2. The van der Waals surface area contributed by atoms with Gasteiger partial charge in [-0.1, -0.05) is 19.8 Å². The number of hydrogen-bond donors (Lipinski definition) is 0. The molecule has 0 spiro atoms. The molecule has 82 valence electrons. The number of rotatable bonds is 2. The van der Waals surface area contributed by atoms with E-state index in [4.69, 9.17) is 0 Å². The summed E-state index contributed by atoms with van der Waals surface area (Å²) >= 11 is 0. The number of ketones is 1. The number of Topliss-reactive ketones (excluding diaryl/α,β-unsaturated/α-hetero) is 1. The van der Waals surface area contributed by atoms with Crippen molar-refractivity contribution in [1.29, 1.82) is 0 Å². The molecular formula is C12H18N2O. The van der Waals surface area contributed by atoms with E-state index in [0.29, 0.717) is 5.92 Å².